The van der Waals surface area contributed by atoms with Gasteiger partial charge < -0.3 is 10.1 Å². The highest BCUT2D eigenvalue weighted by atomic mass is 32.2. The molecule has 0 aromatic carbocycles. The Morgan fingerprint density at radius 1 is 0.884 bits per heavy atom. The average Bonchev–Trinajstić information content (AvgIpc) is 2.99. The van der Waals surface area contributed by atoms with Gasteiger partial charge in [-0.1, -0.05) is 75.7 Å². The molecule has 0 spiro atoms. The molecule has 1 unspecified atom stereocenters. The quantitative estimate of drug-likeness (QED) is 0.175. The van der Waals surface area contributed by atoms with Crippen molar-refractivity contribution in [2.24, 2.45) is 16.2 Å². The number of imide groups is 1. The lowest BCUT2D eigenvalue weighted by molar-refractivity contribution is -0.155. The minimum atomic E-state index is -0.699. The third-order valence-electron chi connectivity index (χ3n) is 8.25. The molecule has 1 saturated heterocycles. The standard InChI is InChI=1S/C35H67N3O4S/c1-18-30(5,6)23-33(11,12)42-34(13,14)24-32(9,10)36-28(41)31(7,8)19-20-37(17)38-26(39)21-25(27(38)40)43-35(15,16)22-29(2,3)4/h25H,18-24H2,1-17H3,(H,36,41). The summed E-state index contributed by atoms with van der Waals surface area (Å²) in [5, 5.41) is 5.88. The van der Waals surface area contributed by atoms with E-state index >= 15 is 0 Å². The van der Waals surface area contributed by atoms with Crippen molar-refractivity contribution >= 4 is 29.5 Å². The summed E-state index contributed by atoms with van der Waals surface area (Å²) in [6, 6.07) is 0. The molecule has 43 heavy (non-hydrogen) atoms. The first-order chi connectivity index (χ1) is 18.9. The Morgan fingerprint density at radius 2 is 1.40 bits per heavy atom. The number of nitrogens with one attached hydrogen (secondary N) is 1. The molecule has 0 radical (unpaired) electrons. The smallest absolute Gasteiger partial charge is 0.257 e. The molecule has 1 rings (SSSR count). The number of carbonyl (C=O) groups is 3. The van der Waals surface area contributed by atoms with Crippen LogP contribution < -0.4 is 5.32 Å². The molecule has 8 heteroatoms. The third-order valence-corrected chi connectivity index (χ3v) is 9.68. The molecule has 0 aromatic heterocycles. The van der Waals surface area contributed by atoms with Gasteiger partial charge in [-0.25, -0.2) is 10.0 Å². The number of carbonyl (C=O) groups excluding carboxylic acids is 3. The minimum absolute atomic E-state index is 0.0514. The Bertz CT molecular complexity index is 992. The predicted octanol–water partition coefficient (Wildman–Crippen LogP) is 8.01. The van der Waals surface area contributed by atoms with Gasteiger partial charge in [-0.05, 0) is 78.1 Å². The maximum atomic E-state index is 13.5. The van der Waals surface area contributed by atoms with Crippen LogP contribution in [0.5, 0.6) is 0 Å². The van der Waals surface area contributed by atoms with Crippen LogP contribution in [0.25, 0.3) is 0 Å². The van der Waals surface area contributed by atoms with E-state index in [9.17, 15) is 14.4 Å². The number of amides is 3. The highest BCUT2D eigenvalue weighted by molar-refractivity contribution is 8.02. The number of hydrogen-bond donors (Lipinski definition) is 1. The normalized spacial score (nSPS) is 18.2. The zero-order valence-corrected chi connectivity index (χ0v) is 31.8. The van der Waals surface area contributed by atoms with Crippen molar-refractivity contribution in [3.05, 3.63) is 0 Å². The molecule has 7 nitrogen and oxygen atoms in total. The summed E-state index contributed by atoms with van der Waals surface area (Å²) in [6.07, 6.45) is 4.33. The van der Waals surface area contributed by atoms with E-state index in [1.165, 1.54) is 5.01 Å². The van der Waals surface area contributed by atoms with Gasteiger partial charge >= 0.3 is 0 Å². The molecular weight excluding hydrogens is 558 g/mol. The van der Waals surface area contributed by atoms with E-state index in [1.807, 2.05) is 27.7 Å². The molecule has 252 valence electrons. The molecule has 1 atom stereocenters. The highest BCUT2D eigenvalue weighted by Gasteiger charge is 2.45. The fourth-order valence-corrected chi connectivity index (χ4v) is 8.80. The van der Waals surface area contributed by atoms with Crippen LogP contribution in [0, 0.1) is 16.2 Å². The molecule has 0 aliphatic carbocycles. The van der Waals surface area contributed by atoms with Gasteiger partial charge in [0.2, 0.25) is 11.8 Å². The van der Waals surface area contributed by atoms with Crippen molar-refractivity contribution in [3.8, 4) is 0 Å². The van der Waals surface area contributed by atoms with Crippen molar-refractivity contribution in [3.63, 3.8) is 0 Å². The van der Waals surface area contributed by atoms with E-state index in [-0.39, 0.29) is 50.6 Å². The van der Waals surface area contributed by atoms with Crippen LogP contribution in [0.3, 0.4) is 0 Å². The van der Waals surface area contributed by atoms with Gasteiger partial charge in [0.25, 0.3) is 5.91 Å². The first-order valence-electron chi connectivity index (χ1n) is 16.2. The lowest BCUT2D eigenvalue weighted by atomic mass is 9.79. The van der Waals surface area contributed by atoms with E-state index in [0.717, 1.165) is 19.3 Å². The molecule has 1 fully saturated rings. The van der Waals surface area contributed by atoms with E-state index in [0.29, 0.717) is 19.4 Å². The average molecular weight is 626 g/mol. The van der Waals surface area contributed by atoms with E-state index in [2.05, 4.69) is 88.4 Å². The SMILES string of the molecule is CCC(C)(C)CC(C)(C)OC(C)(C)CC(C)(C)NC(=O)C(C)(C)CCN(C)N1C(=O)CC(SC(C)(C)CC(C)(C)C)C1=O. The Balaban J connectivity index is 2.81. The Kier molecular flexibility index (Phi) is 12.7. The summed E-state index contributed by atoms with van der Waals surface area (Å²) in [5.41, 5.74) is -1.61. The van der Waals surface area contributed by atoms with Crippen molar-refractivity contribution in [1.82, 2.24) is 15.3 Å². The lowest BCUT2D eigenvalue weighted by Gasteiger charge is -2.44. The van der Waals surface area contributed by atoms with Crippen LogP contribution in [0.2, 0.25) is 0 Å². The number of hydrazine groups is 1. The zero-order valence-electron chi connectivity index (χ0n) is 31.0. The second-order valence-corrected chi connectivity index (χ2v) is 20.1. The Labute approximate surface area is 269 Å². The summed E-state index contributed by atoms with van der Waals surface area (Å²) in [5.74, 6) is -0.382. The molecule has 1 heterocycles. The number of rotatable bonds is 16. The molecule has 3 amide bonds. The van der Waals surface area contributed by atoms with Crippen LogP contribution in [-0.2, 0) is 19.1 Å². The molecule has 0 saturated carbocycles. The summed E-state index contributed by atoms with van der Waals surface area (Å²) < 4.78 is 6.53. The van der Waals surface area contributed by atoms with Gasteiger partial charge in [0.1, 0.15) is 0 Å². The molecular formula is C35H67N3O4S. The third kappa shape index (κ3) is 13.4. The van der Waals surface area contributed by atoms with Crippen LogP contribution in [0.15, 0.2) is 0 Å². The van der Waals surface area contributed by atoms with Gasteiger partial charge in [0, 0.05) is 35.7 Å². The van der Waals surface area contributed by atoms with E-state index in [4.69, 9.17) is 4.74 Å². The fraction of sp³-hybridized carbons (Fsp3) is 0.914. The van der Waals surface area contributed by atoms with Gasteiger partial charge in [-0.3, -0.25) is 14.4 Å². The first-order valence-corrected chi connectivity index (χ1v) is 17.1. The topological polar surface area (TPSA) is 79.0 Å². The number of hydrogen-bond acceptors (Lipinski definition) is 6. The number of thioether (sulfide) groups is 1. The number of nitrogens with zero attached hydrogens (tertiary/aromatic N) is 2. The lowest BCUT2D eigenvalue weighted by Crippen LogP contribution is -2.54. The summed E-state index contributed by atoms with van der Waals surface area (Å²) >= 11 is 1.60. The fourth-order valence-electron chi connectivity index (χ4n) is 7.08. The monoisotopic (exact) mass is 625 g/mol. The van der Waals surface area contributed by atoms with Gasteiger partial charge in [-0.15, -0.1) is 11.8 Å². The van der Waals surface area contributed by atoms with Crippen LogP contribution in [0.1, 0.15) is 149 Å². The summed E-state index contributed by atoms with van der Waals surface area (Å²) in [4.78, 5) is 39.8. The van der Waals surface area contributed by atoms with E-state index in [1.54, 1.807) is 23.8 Å². The summed E-state index contributed by atoms with van der Waals surface area (Å²) in [6.45, 7) is 34.5. The predicted molar refractivity (Wildman–Crippen MR) is 182 cm³/mol. The first kappa shape index (κ1) is 39.9. The molecule has 1 aliphatic rings. The Morgan fingerprint density at radius 3 is 1.88 bits per heavy atom. The van der Waals surface area contributed by atoms with Gasteiger partial charge in [0.15, 0.2) is 0 Å². The zero-order chi connectivity index (χ0) is 34.0. The van der Waals surface area contributed by atoms with Gasteiger partial charge in [-0.2, -0.15) is 0 Å². The summed E-state index contributed by atoms with van der Waals surface area (Å²) in [7, 11) is 1.77. The second-order valence-electron chi connectivity index (χ2n) is 18.2. The van der Waals surface area contributed by atoms with Crippen molar-refractivity contribution in [2.45, 2.75) is 176 Å². The van der Waals surface area contributed by atoms with Crippen LogP contribution in [-0.4, -0.2) is 68.1 Å². The largest absolute Gasteiger partial charge is 0.370 e. The molecule has 0 aromatic rings. The molecule has 1 N–H and O–H groups in total. The molecule has 0 bridgehead atoms. The van der Waals surface area contributed by atoms with Crippen molar-refractivity contribution in [2.75, 3.05) is 13.6 Å². The van der Waals surface area contributed by atoms with Crippen molar-refractivity contribution < 1.29 is 19.1 Å². The highest BCUT2D eigenvalue weighted by Crippen LogP contribution is 2.42. The second kappa shape index (κ2) is 13.7. The van der Waals surface area contributed by atoms with Crippen LogP contribution in [0.4, 0.5) is 0 Å². The maximum absolute atomic E-state index is 13.5. The number of ether oxygens (including phenoxy) is 1. The maximum Gasteiger partial charge on any atom is 0.257 e. The van der Waals surface area contributed by atoms with Crippen LogP contribution >= 0.6 is 11.8 Å². The molecule has 1 aliphatic heterocycles. The minimum Gasteiger partial charge on any atom is -0.370 e. The van der Waals surface area contributed by atoms with E-state index < -0.39 is 16.6 Å². The Hall–Kier alpha value is -1.12. The van der Waals surface area contributed by atoms with Gasteiger partial charge in [0.05, 0.1) is 16.5 Å². The van der Waals surface area contributed by atoms with Crippen molar-refractivity contribution in [1.29, 1.82) is 0 Å².